The molecule has 0 aliphatic carbocycles. The molecule has 142 valence electrons. The standard InChI is InChI=1S/C19H20N2O5S/c1-13-7-9-15(10-8-13)20-27(25,26)16-5-2-4-14(12-16)18(22)21-11-3-6-17(21)19(23)24/h2,4-5,7-10,12,17,20H,3,6,11H2,1H3,(H,23,24)/t17-/m0/s1. The Morgan fingerprint density at radius 2 is 1.85 bits per heavy atom. The SMILES string of the molecule is Cc1ccc(NS(=O)(=O)c2cccc(C(=O)N3CCC[C@H]3C(=O)O)c2)cc1. The second-order valence-electron chi connectivity index (χ2n) is 6.49. The quantitative estimate of drug-likeness (QED) is 0.819. The molecule has 1 atom stereocenters. The lowest BCUT2D eigenvalue weighted by molar-refractivity contribution is -0.141. The number of carboxylic acids is 1. The van der Waals surface area contributed by atoms with Crippen molar-refractivity contribution in [1.29, 1.82) is 0 Å². The highest BCUT2D eigenvalue weighted by molar-refractivity contribution is 7.92. The van der Waals surface area contributed by atoms with E-state index in [1.807, 2.05) is 6.92 Å². The number of aliphatic carboxylic acids is 1. The Kier molecular flexibility index (Phi) is 5.18. The fraction of sp³-hybridized carbons (Fsp3) is 0.263. The van der Waals surface area contributed by atoms with Crippen molar-refractivity contribution in [3.8, 4) is 0 Å². The number of nitrogens with zero attached hydrogens (tertiary/aromatic N) is 1. The van der Waals surface area contributed by atoms with Crippen molar-refractivity contribution >= 4 is 27.6 Å². The minimum atomic E-state index is -3.87. The van der Waals surface area contributed by atoms with Crippen molar-refractivity contribution in [1.82, 2.24) is 4.90 Å². The Labute approximate surface area is 157 Å². The Morgan fingerprint density at radius 3 is 2.52 bits per heavy atom. The van der Waals surface area contributed by atoms with Crippen LogP contribution in [0.3, 0.4) is 0 Å². The van der Waals surface area contributed by atoms with E-state index in [0.717, 1.165) is 5.56 Å². The van der Waals surface area contributed by atoms with E-state index in [-0.39, 0.29) is 10.5 Å². The molecule has 1 amide bonds. The number of carbonyl (C=O) groups is 2. The molecule has 0 unspecified atom stereocenters. The van der Waals surface area contributed by atoms with E-state index in [4.69, 9.17) is 0 Å². The largest absolute Gasteiger partial charge is 0.480 e. The second-order valence-corrected chi connectivity index (χ2v) is 8.18. The predicted molar refractivity (Wildman–Crippen MR) is 100 cm³/mol. The lowest BCUT2D eigenvalue weighted by Crippen LogP contribution is -2.40. The Balaban J connectivity index is 1.85. The average Bonchev–Trinajstić information content (AvgIpc) is 3.13. The van der Waals surface area contributed by atoms with Gasteiger partial charge < -0.3 is 10.0 Å². The predicted octanol–water partition coefficient (Wildman–Crippen LogP) is 2.49. The van der Waals surface area contributed by atoms with Crippen LogP contribution >= 0.6 is 0 Å². The number of aryl methyl sites for hydroxylation is 1. The van der Waals surface area contributed by atoms with Crippen LogP contribution in [0.5, 0.6) is 0 Å². The van der Waals surface area contributed by atoms with Gasteiger partial charge in [0, 0.05) is 17.8 Å². The maximum absolute atomic E-state index is 12.7. The van der Waals surface area contributed by atoms with Gasteiger partial charge in [0.15, 0.2) is 0 Å². The van der Waals surface area contributed by atoms with E-state index in [1.54, 1.807) is 24.3 Å². The van der Waals surface area contributed by atoms with Crippen molar-refractivity contribution in [2.45, 2.75) is 30.7 Å². The highest BCUT2D eigenvalue weighted by Crippen LogP contribution is 2.23. The van der Waals surface area contributed by atoms with Gasteiger partial charge in [0.1, 0.15) is 6.04 Å². The number of carboxylic acid groups (broad SMARTS) is 1. The number of rotatable bonds is 5. The second kappa shape index (κ2) is 7.40. The molecule has 8 heteroatoms. The molecular weight excluding hydrogens is 368 g/mol. The first-order valence-corrected chi connectivity index (χ1v) is 9.99. The molecule has 0 saturated carbocycles. The van der Waals surface area contributed by atoms with Gasteiger partial charge in [-0.1, -0.05) is 23.8 Å². The van der Waals surface area contributed by atoms with Gasteiger partial charge in [0.05, 0.1) is 4.90 Å². The molecule has 27 heavy (non-hydrogen) atoms. The monoisotopic (exact) mass is 388 g/mol. The Morgan fingerprint density at radius 1 is 1.15 bits per heavy atom. The van der Waals surface area contributed by atoms with Gasteiger partial charge in [0.2, 0.25) is 0 Å². The highest BCUT2D eigenvalue weighted by atomic mass is 32.2. The van der Waals surface area contributed by atoms with Crippen LogP contribution in [0.15, 0.2) is 53.4 Å². The molecule has 1 saturated heterocycles. The third-order valence-electron chi connectivity index (χ3n) is 4.49. The smallest absolute Gasteiger partial charge is 0.326 e. The van der Waals surface area contributed by atoms with Crippen LogP contribution in [-0.2, 0) is 14.8 Å². The number of benzene rings is 2. The number of hydrogen-bond donors (Lipinski definition) is 2. The van der Waals surface area contributed by atoms with Crippen molar-refractivity contribution in [3.63, 3.8) is 0 Å². The van der Waals surface area contributed by atoms with E-state index in [2.05, 4.69) is 4.72 Å². The third-order valence-corrected chi connectivity index (χ3v) is 5.87. The molecule has 3 rings (SSSR count). The molecule has 0 spiro atoms. The van der Waals surface area contributed by atoms with Crippen LogP contribution in [0.25, 0.3) is 0 Å². The van der Waals surface area contributed by atoms with Crippen molar-refractivity contribution in [3.05, 3.63) is 59.7 Å². The minimum Gasteiger partial charge on any atom is -0.480 e. The normalized spacial score (nSPS) is 16.9. The number of anilines is 1. The fourth-order valence-electron chi connectivity index (χ4n) is 3.06. The molecule has 1 fully saturated rings. The maximum atomic E-state index is 12.7. The van der Waals surface area contributed by atoms with E-state index >= 15 is 0 Å². The first kappa shape index (κ1) is 18.9. The number of likely N-dealkylation sites (tertiary alicyclic amines) is 1. The van der Waals surface area contributed by atoms with E-state index in [1.165, 1.54) is 29.2 Å². The lowest BCUT2D eigenvalue weighted by Gasteiger charge is -2.21. The van der Waals surface area contributed by atoms with E-state index in [0.29, 0.717) is 25.1 Å². The summed E-state index contributed by atoms with van der Waals surface area (Å²) in [6, 6.07) is 11.7. The average molecular weight is 388 g/mol. The van der Waals surface area contributed by atoms with Crippen LogP contribution in [0.1, 0.15) is 28.8 Å². The number of nitrogens with one attached hydrogen (secondary N) is 1. The summed E-state index contributed by atoms with van der Waals surface area (Å²) < 4.78 is 27.7. The van der Waals surface area contributed by atoms with Gasteiger partial charge in [-0.3, -0.25) is 9.52 Å². The van der Waals surface area contributed by atoms with Crippen molar-refractivity contribution in [2.75, 3.05) is 11.3 Å². The number of sulfonamides is 1. The summed E-state index contributed by atoms with van der Waals surface area (Å²) in [4.78, 5) is 25.2. The first-order chi connectivity index (χ1) is 12.8. The van der Waals surface area contributed by atoms with Gasteiger partial charge in [-0.15, -0.1) is 0 Å². The molecule has 7 nitrogen and oxygen atoms in total. The molecule has 1 heterocycles. The molecular formula is C19H20N2O5S. The zero-order valence-electron chi connectivity index (χ0n) is 14.8. The number of carbonyl (C=O) groups excluding carboxylic acids is 1. The van der Waals surface area contributed by atoms with Crippen molar-refractivity contribution < 1.29 is 23.1 Å². The summed E-state index contributed by atoms with van der Waals surface area (Å²) in [5.41, 5.74) is 1.57. The number of hydrogen-bond acceptors (Lipinski definition) is 4. The molecule has 2 aromatic carbocycles. The van der Waals surface area contributed by atoms with Crippen LogP contribution in [0, 0.1) is 6.92 Å². The van der Waals surface area contributed by atoms with Crippen molar-refractivity contribution in [2.24, 2.45) is 0 Å². The van der Waals surface area contributed by atoms with Crippen LogP contribution < -0.4 is 4.72 Å². The zero-order chi connectivity index (χ0) is 19.6. The molecule has 2 aromatic rings. The van der Waals surface area contributed by atoms with E-state index in [9.17, 15) is 23.1 Å². The van der Waals surface area contributed by atoms with Gasteiger partial charge in [-0.25, -0.2) is 13.2 Å². The summed E-state index contributed by atoms with van der Waals surface area (Å²) >= 11 is 0. The van der Waals surface area contributed by atoms with Crippen LogP contribution in [-0.4, -0.2) is 42.9 Å². The van der Waals surface area contributed by atoms with Crippen LogP contribution in [0.2, 0.25) is 0 Å². The highest BCUT2D eigenvalue weighted by Gasteiger charge is 2.34. The Hall–Kier alpha value is -2.87. The van der Waals surface area contributed by atoms with Gasteiger partial charge in [0.25, 0.3) is 15.9 Å². The Bertz CT molecular complexity index is 970. The summed E-state index contributed by atoms with van der Waals surface area (Å²) in [5.74, 6) is -1.53. The first-order valence-electron chi connectivity index (χ1n) is 8.51. The molecule has 0 radical (unpaired) electrons. The lowest BCUT2D eigenvalue weighted by atomic mass is 10.1. The third kappa shape index (κ3) is 4.11. The molecule has 0 bridgehead atoms. The fourth-order valence-corrected chi connectivity index (χ4v) is 4.17. The van der Waals surface area contributed by atoms with E-state index < -0.39 is 27.9 Å². The summed E-state index contributed by atoms with van der Waals surface area (Å²) in [7, 11) is -3.87. The van der Waals surface area contributed by atoms with Gasteiger partial charge in [-0.2, -0.15) is 0 Å². The number of amides is 1. The topological polar surface area (TPSA) is 104 Å². The summed E-state index contributed by atoms with van der Waals surface area (Å²) in [5, 5.41) is 9.25. The van der Waals surface area contributed by atoms with Gasteiger partial charge >= 0.3 is 5.97 Å². The molecule has 1 aliphatic heterocycles. The maximum Gasteiger partial charge on any atom is 0.326 e. The molecule has 1 aliphatic rings. The summed E-state index contributed by atoms with van der Waals surface area (Å²) in [6.45, 7) is 2.24. The van der Waals surface area contributed by atoms with Gasteiger partial charge in [-0.05, 0) is 50.1 Å². The summed E-state index contributed by atoms with van der Waals surface area (Å²) in [6.07, 6.45) is 1.00. The van der Waals surface area contributed by atoms with Crippen LogP contribution in [0.4, 0.5) is 5.69 Å². The zero-order valence-corrected chi connectivity index (χ0v) is 15.6. The molecule has 0 aromatic heterocycles. The minimum absolute atomic E-state index is 0.0556. The molecule has 2 N–H and O–H groups in total.